The molecule has 2 aromatic rings. The van der Waals surface area contributed by atoms with Gasteiger partial charge in [0.25, 0.3) is 0 Å². The summed E-state index contributed by atoms with van der Waals surface area (Å²) in [6.45, 7) is 1.80. The molecular weight excluding hydrogens is 358 g/mol. The van der Waals surface area contributed by atoms with E-state index in [0.717, 1.165) is 11.1 Å². The van der Waals surface area contributed by atoms with Gasteiger partial charge in [-0.2, -0.15) is 0 Å². The maximum Gasteiger partial charge on any atom is 0.312 e. The Labute approximate surface area is 165 Å². The van der Waals surface area contributed by atoms with Crippen molar-refractivity contribution in [3.63, 3.8) is 0 Å². The van der Waals surface area contributed by atoms with Crippen LogP contribution < -0.4 is 4.74 Å². The van der Waals surface area contributed by atoms with Crippen molar-refractivity contribution in [1.82, 2.24) is 4.90 Å². The number of piperidine rings is 1. The van der Waals surface area contributed by atoms with Gasteiger partial charge in [0.2, 0.25) is 0 Å². The third kappa shape index (κ3) is 4.70. The molecule has 0 spiro atoms. The summed E-state index contributed by atoms with van der Waals surface area (Å²) in [5, 5.41) is 29.5. The highest BCUT2D eigenvalue weighted by molar-refractivity contribution is 5.76. The number of β-amino-alcohol motifs (C(OH)–C–C–N with tert-alkyl or cyclic N) is 1. The highest BCUT2D eigenvalue weighted by Crippen LogP contribution is 2.36. The van der Waals surface area contributed by atoms with Gasteiger partial charge < -0.3 is 20.1 Å². The lowest BCUT2D eigenvalue weighted by Crippen LogP contribution is -2.55. The molecule has 3 N–H and O–H groups in total. The minimum Gasteiger partial charge on any atom is -0.491 e. The third-order valence-electron chi connectivity index (χ3n) is 5.42. The molecule has 1 fully saturated rings. The molecule has 0 unspecified atom stereocenters. The van der Waals surface area contributed by atoms with Gasteiger partial charge in [0.15, 0.2) is 0 Å². The molecule has 0 radical (unpaired) electrons. The number of hydrogen-bond acceptors (Lipinski definition) is 5. The first kappa shape index (κ1) is 20.3. The normalized spacial score (nSPS) is 22.7. The van der Waals surface area contributed by atoms with Crippen molar-refractivity contribution < 1.29 is 24.9 Å². The number of aliphatic hydroxyl groups excluding tert-OH is 2. The zero-order valence-corrected chi connectivity index (χ0v) is 15.8. The molecule has 6 heteroatoms. The number of carboxylic acid groups (broad SMARTS) is 1. The molecule has 6 nitrogen and oxygen atoms in total. The molecular formula is C22H27NO5. The van der Waals surface area contributed by atoms with Crippen LogP contribution in [0.1, 0.15) is 17.5 Å². The standard InChI is InChI=1S/C22H27NO5/c24-12-13-28-19-8-6-18(7-9-19)15-23-11-10-22(21(26)27,20(25)16-23)14-17-4-2-1-3-5-17/h1-9,20,24-25H,10-16H2,(H,26,27)/t20-,22-/m1/s1. The van der Waals surface area contributed by atoms with E-state index in [1.807, 2.05) is 54.6 Å². The van der Waals surface area contributed by atoms with E-state index in [4.69, 9.17) is 9.84 Å². The molecule has 1 aliphatic rings. The van der Waals surface area contributed by atoms with Crippen LogP contribution in [0.5, 0.6) is 5.75 Å². The van der Waals surface area contributed by atoms with Crippen molar-refractivity contribution in [1.29, 1.82) is 0 Å². The third-order valence-corrected chi connectivity index (χ3v) is 5.42. The number of likely N-dealkylation sites (tertiary alicyclic amines) is 1. The molecule has 0 amide bonds. The van der Waals surface area contributed by atoms with Crippen LogP contribution in [0.3, 0.4) is 0 Å². The topological polar surface area (TPSA) is 90.2 Å². The minimum absolute atomic E-state index is 0.0261. The Hall–Kier alpha value is -2.41. The fourth-order valence-electron chi connectivity index (χ4n) is 3.78. The summed E-state index contributed by atoms with van der Waals surface area (Å²) < 4.78 is 5.36. The van der Waals surface area contributed by atoms with E-state index >= 15 is 0 Å². The summed E-state index contributed by atoms with van der Waals surface area (Å²) >= 11 is 0. The van der Waals surface area contributed by atoms with E-state index in [2.05, 4.69) is 4.90 Å². The summed E-state index contributed by atoms with van der Waals surface area (Å²) in [5.74, 6) is -0.238. The van der Waals surface area contributed by atoms with Gasteiger partial charge in [-0.3, -0.25) is 9.69 Å². The van der Waals surface area contributed by atoms with Crippen LogP contribution >= 0.6 is 0 Å². The molecule has 0 aliphatic carbocycles. The fraction of sp³-hybridized carbons (Fsp3) is 0.409. The number of nitrogens with zero attached hydrogens (tertiary/aromatic N) is 1. The summed E-state index contributed by atoms with van der Waals surface area (Å²) in [6.07, 6.45) is -0.211. The average Bonchev–Trinajstić information content (AvgIpc) is 2.70. The van der Waals surface area contributed by atoms with Crippen LogP contribution in [0, 0.1) is 5.41 Å². The second-order valence-corrected chi connectivity index (χ2v) is 7.34. The van der Waals surface area contributed by atoms with E-state index in [1.165, 1.54) is 0 Å². The van der Waals surface area contributed by atoms with Gasteiger partial charge in [-0.1, -0.05) is 42.5 Å². The van der Waals surface area contributed by atoms with E-state index < -0.39 is 17.5 Å². The molecule has 0 bridgehead atoms. The lowest BCUT2D eigenvalue weighted by Gasteiger charge is -2.43. The van der Waals surface area contributed by atoms with Crippen LogP contribution in [0.4, 0.5) is 0 Å². The van der Waals surface area contributed by atoms with Crippen molar-refractivity contribution in [3.05, 3.63) is 65.7 Å². The quantitative estimate of drug-likeness (QED) is 0.643. The van der Waals surface area contributed by atoms with Gasteiger partial charge in [0.05, 0.1) is 12.7 Å². The van der Waals surface area contributed by atoms with Crippen LogP contribution in [-0.2, 0) is 17.8 Å². The zero-order chi connectivity index (χ0) is 20.0. The SMILES string of the molecule is O=C(O)[C@@]1(Cc2ccccc2)CCN(Cc2ccc(OCCO)cc2)C[C@H]1O. The highest BCUT2D eigenvalue weighted by atomic mass is 16.5. The molecule has 1 heterocycles. The van der Waals surface area contributed by atoms with Crippen molar-refractivity contribution >= 4 is 5.97 Å². The van der Waals surface area contributed by atoms with Crippen molar-refractivity contribution in [2.45, 2.75) is 25.5 Å². The van der Waals surface area contributed by atoms with Crippen LogP contribution in [0.15, 0.2) is 54.6 Å². The molecule has 28 heavy (non-hydrogen) atoms. The lowest BCUT2D eigenvalue weighted by molar-refractivity contribution is -0.163. The van der Waals surface area contributed by atoms with E-state index in [-0.39, 0.29) is 13.2 Å². The molecule has 3 rings (SSSR count). The average molecular weight is 385 g/mol. The van der Waals surface area contributed by atoms with Crippen LogP contribution in [-0.4, -0.2) is 58.6 Å². The Morgan fingerprint density at radius 3 is 2.43 bits per heavy atom. The number of ether oxygens (including phenoxy) is 1. The smallest absolute Gasteiger partial charge is 0.312 e. The largest absolute Gasteiger partial charge is 0.491 e. The van der Waals surface area contributed by atoms with E-state index in [0.29, 0.717) is 38.2 Å². The number of carboxylic acids is 1. The molecule has 1 aliphatic heterocycles. The van der Waals surface area contributed by atoms with Crippen molar-refractivity contribution in [2.75, 3.05) is 26.3 Å². The van der Waals surface area contributed by atoms with E-state index in [1.54, 1.807) is 0 Å². The zero-order valence-electron chi connectivity index (χ0n) is 15.8. The second kappa shape index (κ2) is 9.19. The second-order valence-electron chi connectivity index (χ2n) is 7.34. The molecule has 0 aromatic heterocycles. The number of carbonyl (C=O) groups is 1. The molecule has 0 saturated carbocycles. The van der Waals surface area contributed by atoms with Gasteiger partial charge in [-0.25, -0.2) is 0 Å². The Kier molecular flexibility index (Phi) is 6.67. The molecule has 2 aromatic carbocycles. The van der Waals surface area contributed by atoms with Crippen LogP contribution in [0.2, 0.25) is 0 Å². The van der Waals surface area contributed by atoms with Crippen LogP contribution in [0.25, 0.3) is 0 Å². The number of benzene rings is 2. The Bertz CT molecular complexity index is 764. The Balaban J connectivity index is 1.63. The maximum absolute atomic E-state index is 12.1. The first-order valence-electron chi connectivity index (χ1n) is 9.54. The van der Waals surface area contributed by atoms with Gasteiger partial charge in [-0.05, 0) is 42.6 Å². The minimum atomic E-state index is -1.15. The lowest BCUT2D eigenvalue weighted by atomic mass is 9.71. The van der Waals surface area contributed by atoms with Gasteiger partial charge in [0, 0.05) is 13.1 Å². The first-order chi connectivity index (χ1) is 13.5. The van der Waals surface area contributed by atoms with Gasteiger partial charge >= 0.3 is 5.97 Å². The molecule has 1 saturated heterocycles. The van der Waals surface area contributed by atoms with Crippen molar-refractivity contribution in [2.24, 2.45) is 5.41 Å². The summed E-state index contributed by atoms with van der Waals surface area (Å²) in [6, 6.07) is 17.1. The Morgan fingerprint density at radius 2 is 1.82 bits per heavy atom. The summed E-state index contributed by atoms with van der Waals surface area (Å²) in [7, 11) is 0. The highest BCUT2D eigenvalue weighted by Gasteiger charge is 2.48. The fourth-order valence-corrected chi connectivity index (χ4v) is 3.78. The van der Waals surface area contributed by atoms with E-state index in [9.17, 15) is 15.0 Å². The van der Waals surface area contributed by atoms with Gasteiger partial charge in [0.1, 0.15) is 17.8 Å². The predicted octanol–water partition coefficient (Wildman–Crippen LogP) is 1.94. The maximum atomic E-state index is 12.1. The van der Waals surface area contributed by atoms with Crippen molar-refractivity contribution in [3.8, 4) is 5.75 Å². The molecule has 2 atom stereocenters. The predicted molar refractivity (Wildman–Crippen MR) is 105 cm³/mol. The number of aliphatic carboxylic acids is 1. The van der Waals surface area contributed by atoms with Gasteiger partial charge in [-0.15, -0.1) is 0 Å². The molecule has 150 valence electrons. The number of aliphatic hydroxyl groups is 2. The monoisotopic (exact) mass is 385 g/mol. The first-order valence-corrected chi connectivity index (χ1v) is 9.54. The summed E-state index contributed by atoms with van der Waals surface area (Å²) in [5.41, 5.74) is 0.838. The Morgan fingerprint density at radius 1 is 1.11 bits per heavy atom. The summed E-state index contributed by atoms with van der Waals surface area (Å²) in [4.78, 5) is 14.2. The number of rotatable bonds is 8. The number of hydrogen-bond donors (Lipinski definition) is 3.